The molecular weight excluding hydrogens is 402 g/mol. The van der Waals surface area contributed by atoms with Gasteiger partial charge in [0.2, 0.25) is 0 Å². The van der Waals surface area contributed by atoms with Gasteiger partial charge in [0.25, 0.3) is 0 Å². The Labute approximate surface area is 179 Å². The Balaban J connectivity index is 1.68. The standard InChI is InChI=1S/C22H23N3O6/c1-29-20(26)19-18(12-13-23-19)25(22(28)31-15-17-10-6-3-7-11-17)24-21(27)30-14-16-8-4-2-5-9-16/h2-11,18H,12-15H2,1H3,(H,24,27). The van der Waals surface area contributed by atoms with E-state index in [0.717, 1.165) is 16.1 Å². The number of aliphatic imine (C=N–C) groups is 1. The monoisotopic (exact) mass is 425 g/mol. The second-order valence-corrected chi connectivity index (χ2v) is 6.65. The first kappa shape index (κ1) is 21.8. The highest BCUT2D eigenvalue weighted by molar-refractivity contribution is 6.39. The molecule has 2 aromatic rings. The maximum Gasteiger partial charge on any atom is 0.429 e. The quantitative estimate of drug-likeness (QED) is 0.433. The highest BCUT2D eigenvalue weighted by Gasteiger charge is 2.37. The molecule has 0 aromatic heterocycles. The summed E-state index contributed by atoms with van der Waals surface area (Å²) in [5.41, 5.74) is 3.97. The molecule has 0 spiro atoms. The van der Waals surface area contributed by atoms with E-state index in [4.69, 9.17) is 14.2 Å². The molecule has 2 aromatic carbocycles. The van der Waals surface area contributed by atoms with Crippen LogP contribution in [0.1, 0.15) is 17.5 Å². The van der Waals surface area contributed by atoms with E-state index in [0.29, 0.717) is 13.0 Å². The van der Waals surface area contributed by atoms with E-state index in [9.17, 15) is 14.4 Å². The zero-order valence-corrected chi connectivity index (χ0v) is 17.0. The van der Waals surface area contributed by atoms with Crippen molar-refractivity contribution in [3.8, 4) is 0 Å². The third-order valence-electron chi connectivity index (χ3n) is 4.53. The average molecular weight is 425 g/mol. The van der Waals surface area contributed by atoms with E-state index in [1.165, 1.54) is 7.11 Å². The van der Waals surface area contributed by atoms with E-state index in [-0.39, 0.29) is 18.9 Å². The normalized spacial score (nSPS) is 14.9. The predicted molar refractivity (Wildman–Crippen MR) is 111 cm³/mol. The molecule has 1 aliphatic rings. The summed E-state index contributed by atoms with van der Waals surface area (Å²) in [6.07, 6.45) is -1.38. The first-order chi connectivity index (χ1) is 15.1. The van der Waals surface area contributed by atoms with Crippen LogP contribution in [0, 0.1) is 0 Å². The molecule has 2 amide bonds. The number of nitrogens with one attached hydrogen (secondary N) is 1. The molecule has 0 saturated carbocycles. The van der Waals surface area contributed by atoms with Gasteiger partial charge in [-0.2, -0.15) is 0 Å². The maximum absolute atomic E-state index is 12.8. The van der Waals surface area contributed by atoms with Crippen LogP contribution in [0.15, 0.2) is 65.7 Å². The number of amides is 2. The smallest absolute Gasteiger partial charge is 0.429 e. The van der Waals surface area contributed by atoms with Crippen LogP contribution >= 0.6 is 0 Å². The van der Waals surface area contributed by atoms with Gasteiger partial charge in [-0.1, -0.05) is 60.7 Å². The molecule has 31 heavy (non-hydrogen) atoms. The molecule has 9 heteroatoms. The number of hydrazine groups is 1. The van der Waals surface area contributed by atoms with Crippen LogP contribution in [-0.2, 0) is 32.2 Å². The van der Waals surface area contributed by atoms with Gasteiger partial charge in [0, 0.05) is 6.54 Å². The van der Waals surface area contributed by atoms with E-state index < -0.39 is 24.2 Å². The number of rotatable bonds is 6. The Hall–Kier alpha value is -3.88. The molecule has 9 nitrogen and oxygen atoms in total. The van der Waals surface area contributed by atoms with Gasteiger partial charge in [-0.3, -0.25) is 4.99 Å². The summed E-state index contributed by atoms with van der Waals surface area (Å²) in [6, 6.07) is 17.4. The highest BCUT2D eigenvalue weighted by atomic mass is 16.6. The number of esters is 1. The van der Waals surface area contributed by atoms with Gasteiger partial charge >= 0.3 is 18.2 Å². The third-order valence-corrected chi connectivity index (χ3v) is 4.53. The fourth-order valence-corrected chi connectivity index (χ4v) is 3.00. The summed E-state index contributed by atoms with van der Waals surface area (Å²) in [5.74, 6) is -0.678. The molecule has 3 rings (SSSR count). The van der Waals surface area contributed by atoms with Crippen LogP contribution in [0.4, 0.5) is 9.59 Å². The SMILES string of the molecule is COC(=O)C1=NCCC1N(NC(=O)OCc1ccccc1)C(=O)OCc1ccccc1. The first-order valence-electron chi connectivity index (χ1n) is 9.68. The molecule has 1 aliphatic heterocycles. The second-order valence-electron chi connectivity index (χ2n) is 6.65. The number of carbonyl (C=O) groups is 3. The van der Waals surface area contributed by atoms with Crippen LogP contribution in [-0.4, -0.2) is 48.6 Å². The highest BCUT2D eigenvalue weighted by Crippen LogP contribution is 2.16. The molecule has 0 aliphatic carbocycles. The summed E-state index contributed by atoms with van der Waals surface area (Å²) in [5, 5.41) is 0.930. The number of hydrogen-bond acceptors (Lipinski definition) is 7. The Kier molecular flexibility index (Phi) is 7.58. The Bertz CT molecular complexity index is 933. The number of carbonyl (C=O) groups excluding carboxylic acids is 3. The van der Waals surface area contributed by atoms with Crippen molar-refractivity contribution in [2.45, 2.75) is 25.7 Å². The molecule has 0 bridgehead atoms. The van der Waals surface area contributed by atoms with Crippen LogP contribution in [0.5, 0.6) is 0 Å². The van der Waals surface area contributed by atoms with Crippen LogP contribution in [0.3, 0.4) is 0 Å². The van der Waals surface area contributed by atoms with Gasteiger partial charge in [0.05, 0.1) is 7.11 Å². The zero-order valence-electron chi connectivity index (χ0n) is 17.0. The minimum absolute atomic E-state index is 0.00562. The summed E-state index contributed by atoms with van der Waals surface area (Å²) in [7, 11) is 1.22. The van der Waals surface area contributed by atoms with Gasteiger partial charge in [0.1, 0.15) is 25.0 Å². The van der Waals surface area contributed by atoms with Crippen molar-refractivity contribution >= 4 is 23.9 Å². The summed E-state index contributed by atoms with van der Waals surface area (Å²) in [6.45, 7) is 0.314. The van der Waals surface area contributed by atoms with Gasteiger partial charge in [-0.25, -0.2) is 24.8 Å². The molecule has 1 heterocycles. The second kappa shape index (κ2) is 10.8. The van der Waals surface area contributed by atoms with Crippen molar-refractivity contribution < 1.29 is 28.6 Å². The molecular formula is C22H23N3O6. The lowest BCUT2D eigenvalue weighted by atomic mass is 10.1. The van der Waals surface area contributed by atoms with Crippen molar-refractivity contribution in [1.29, 1.82) is 0 Å². The van der Waals surface area contributed by atoms with Gasteiger partial charge in [-0.15, -0.1) is 0 Å². The fraction of sp³-hybridized carbons (Fsp3) is 0.273. The van der Waals surface area contributed by atoms with E-state index in [2.05, 4.69) is 10.4 Å². The van der Waals surface area contributed by atoms with Crippen LogP contribution in [0.2, 0.25) is 0 Å². The predicted octanol–water partition coefficient (Wildman–Crippen LogP) is 2.85. The van der Waals surface area contributed by atoms with Crippen LogP contribution in [0.25, 0.3) is 0 Å². The van der Waals surface area contributed by atoms with Crippen molar-refractivity contribution in [1.82, 2.24) is 10.4 Å². The summed E-state index contributed by atoms with van der Waals surface area (Å²) >= 11 is 0. The number of benzene rings is 2. The van der Waals surface area contributed by atoms with Gasteiger partial charge in [-0.05, 0) is 17.5 Å². The summed E-state index contributed by atoms with van der Waals surface area (Å²) < 4.78 is 15.3. The molecule has 1 atom stereocenters. The van der Waals surface area contributed by atoms with Gasteiger partial charge < -0.3 is 14.2 Å². The number of ether oxygens (including phenoxy) is 3. The molecule has 0 saturated heterocycles. The van der Waals surface area contributed by atoms with Crippen molar-refractivity contribution in [2.75, 3.05) is 13.7 Å². The third kappa shape index (κ3) is 6.05. The van der Waals surface area contributed by atoms with E-state index in [1.807, 2.05) is 36.4 Å². The molecule has 0 radical (unpaired) electrons. The Morgan fingerprint density at radius 1 is 0.968 bits per heavy atom. The zero-order chi connectivity index (χ0) is 22.1. The van der Waals surface area contributed by atoms with Crippen molar-refractivity contribution in [3.05, 3.63) is 71.8 Å². The lowest BCUT2D eigenvalue weighted by Crippen LogP contribution is -2.55. The molecule has 162 valence electrons. The van der Waals surface area contributed by atoms with Gasteiger partial charge in [0.15, 0.2) is 0 Å². The van der Waals surface area contributed by atoms with Crippen LogP contribution < -0.4 is 5.43 Å². The van der Waals surface area contributed by atoms with Crippen molar-refractivity contribution in [2.24, 2.45) is 4.99 Å². The summed E-state index contributed by atoms with van der Waals surface area (Å²) in [4.78, 5) is 41.3. The number of nitrogens with zero attached hydrogens (tertiary/aromatic N) is 2. The lowest BCUT2D eigenvalue weighted by molar-refractivity contribution is -0.133. The average Bonchev–Trinajstić information content (AvgIpc) is 3.30. The maximum atomic E-state index is 12.8. The molecule has 1 unspecified atom stereocenters. The van der Waals surface area contributed by atoms with E-state index >= 15 is 0 Å². The van der Waals surface area contributed by atoms with Crippen molar-refractivity contribution in [3.63, 3.8) is 0 Å². The minimum Gasteiger partial charge on any atom is -0.464 e. The largest absolute Gasteiger partial charge is 0.464 e. The number of hydrogen-bond donors (Lipinski definition) is 1. The minimum atomic E-state index is -0.864. The van der Waals surface area contributed by atoms with E-state index in [1.54, 1.807) is 24.3 Å². The Morgan fingerprint density at radius 2 is 1.55 bits per heavy atom. The first-order valence-corrected chi connectivity index (χ1v) is 9.68. The lowest BCUT2D eigenvalue weighted by Gasteiger charge is -2.28. The fourth-order valence-electron chi connectivity index (χ4n) is 3.00. The number of methoxy groups -OCH3 is 1. The Morgan fingerprint density at radius 3 is 2.13 bits per heavy atom. The molecule has 1 N–H and O–H groups in total. The topological polar surface area (TPSA) is 107 Å². The molecule has 0 fully saturated rings.